The highest BCUT2D eigenvalue weighted by Gasteiger charge is 2.27. The SMILES string of the molecule is CC(C)(C)OC(=O)N1CCCC(C[O])C1. The standard InChI is InChI=1S/C11H20NO3/c1-11(2,3)15-10(14)12-6-4-5-9(7-12)8-13/h9H,4-8H2,1-3H3. The first-order valence-electron chi connectivity index (χ1n) is 5.48. The van der Waals surface area contributed by atoms with E-state index >= 15 is 0 Å². The van der Waals surface area contributed by atoms with Gasteiger partial charge in [0.15, 0.2) is 0 Å². The van der Waals surface area contributed by atoms with Gasteiger partial charge in [0.2, 0.25) is 0 Å². The fraction of sp³-hybridized carbons (Fsp3) is 0.909. The molecule has 4 nitrogen and oxygen atoms in total. The lowest BCUT2D eigenvalue weighted by Crippen LogP contribution is -2.43. The van der Waals surface area contributed by atoms with Gasteiger partial charge in [-0.05, 0) is 33.6 Å². The van der Waals surface area contributed by atoms with Gasteiger partial charge in [-0.2, -0.15) is 0 Å². The molecule has 1 fully saturated rings. The van der Waals surface area contributed by atoms with Crippen LogP contribution < -0.4 is 0 Å². The Morgan fingerprint density at radius 1 is 1.47 bits per heavy atom. The van der Waals surface area contributed by atoms with Crippen LogP contribution in [0.3, 0.4) is 0 Å². The van der Waals surface area contributed by atoms with Crippen molar-refractivity contribution in [3.05, 3.63) is 0 Å². The van der Waals surface area contributed by atoms with Crippen LogP contribution in [0.4, 0.5) is 4.79 Å². The maximum Gasteiger partial charge on any atom is 0.410 e. The van der Waals surface area contributed by atoms with Crippen LogP contribution in [-0.4, -0.2) is 36.3 Å². The van der Waals surface area contributed by atoms with E-state index in [0.717, 1.165) is 12.8 Å². The van der Waals surface area contributed by atoms with Gasteiger partial charge >= 0.3 is 6.09 Å². The Morgan fingerprint density at radius 2 is 2.13 bits per heavy atom. The summed E-state index contributed by atoms with van der Waals surface area (Å²) in [5, 5.41) is 10.8. The molecule has 1 aliphatic heterocycles. The van der Waals surface area contributed by atoms with Crippen LogP contribution in [-0.2, 0) is 9.84 Å². The first kappa shape index (κ1) is 12.3. The number of carbonyl (C=O) groups is 1. The normalized spacial score (nSPS) is 22.7. The van der Waals surface area contributed by atoms with Crippen molar-refractivity contribution in [1.29, 1.82) is 0 Å². The lowest BCUT2D eigenvalue weighted by molar-refractivity contribution is 0.00982. The number of hydrogen-bond donors (Lipinski definition) is 0. The lowest BCUT2D eigenvalue weighted by atomic mass is 9.99. The topological polar surface area (TPSA) is 49.4 Å². The first-order valence-corrected chi connectivity index (χ1v) is 5.48. The average molecular weight is 214 g/mol. The third-order valence-electron chi connectivity index (χ3n) is 2.41. The highest BCUT2D eigenvalue weighted by molar-refractivity contribution is 5.68. The van der Waals surface area contributed by atoms with E-state index in [9.17, 15) is 9.90 Å². The second-order valence-electron chi connectivity index (χ2n) is 5.10. The Kier molecular flexibility index (Phi) is 3.97. The molecule has 0 aromatic carbocycles. The minimum atomic E-state index is -0.457. The molecule has 87 valence electrons. The second kappa shape index (κ2) is 4.84. The molecule has 1 heterocycles. The van der Waals surface area contributed by atoms with Crippen molar-refractivity contribution < 1.29 is 14.6 Å². The van der Waals surface area contributed by atoms with Crippen molar-refractivity contribution in [2.45, 2.75) is 39.2 Å². The number of ether oxygens (including phenoxy) is 1. The minimum Gasteiger partial charge on any atom is -0.444 e. The molecule has 1 atom stereocenters. The Balaban J connectivity index is 2.45. The molecule has 4 heteroatoms. The Hall–Kier alpha value is -0.770. The Bertz CT molecular complexity index is 222. The molecule has 0 bridgehead atoms. The van der Waals surface area contributed by atoms with Crippen LogP contribution in [0.2, 0.25) is 0 Å². The summed E-state index contributed by atoms with van der Waals surface area (Å²) >= 11 is 0. The highest BCUT2D eigenvalue weighted by Crippen LogP contribution is 2.18. The second-order valence-corrected chi connectivity index (χ2v) is 5.10. The molecular weight excluding hydrogens is 194 g/mol. The fourth-order valence-corrected chi connectivity index (χ4v) is 1.69. The zero-order valence-electron chi connectivity index (χ0n) is 9.78. The summed E-state index contributed by atoms with van der Waals surface area (Å²) in [5.41, 5.74) is -0.457. The van der Waals surface area contributed by atoms with Crippen LogP contribution in [0.15, 0.2) is 0 Å². The fourth-order valence-electron chi connectivity index (χ4n) is 1.69. The molecule has 0 spiro atoms. The summed E-state index contributed by atoms with van der Waals surface area (Å²) in [6.45, 7) is 6.71. The van der Waals surface area contributed by atoms with Crippen molar-refractivity contribution >= 4 is 6.09 Å². The van der Waals surface area contributed by atoms with Gasteiger partial charge in [-0.25, -0.2) is 9.90 Å². The molecular formula is C11H20NO3. The molecule has 1 unspecified atom stereocenters. The number of hydrogen-bond acceptors (Lipinski definition) is 2. The van der Waals surface area contributed by atoms with Crippen molar-refractivity contribution in [2.75, 3.05) is 19.7 Å². The molecule has 1 aliphatic rings. The third kappa shape index (κ3) is 4.08. The van der Waals surface area contributed by atoms with E-state index in [1.807, 2.05) is 20.8 Å². The van der Waals surface area contributed by atoms with Gasteiger partial charge in [0.05, 0.1) is 6.61 Å². The molecule has 0 aromatic heterocycles. The molecule has 1 rings (SSSR count). The Labute approximate surface area is 91.2 Å². The number of rotatable bonds is 1. The van der Waals surface area contributed by atoms with Crippen molar-refractivity contribution in [3.8, 4) is 0 Å². The van der Waals surface area contributed by atoms with Gasteiger partial charge in [-0.1, -0.05) is 0 Å². The molecule has 1 saturated heterocycles. The Morgan fingerprint density at radius 3 is 2.67 bits per heavy atom. The molecule has 0 aromatic rings. The van der Waals surface area contributed by atoms with E-state index < -0.39 is 5.60 Å². The minimum absolute atomic E-state index is 0.0979. The largest absolute Gasteiger partial charge is 0.444 e. The van der Waals surface area contributed by atoms with Crippen molar-refractivity contribution in [3.63, 3.8) is 0 Å². The van der Waals surface area contributed by atoms with Crippen LogP contribution in [0.1, 0.15) is 33.6 Å². The molecule has 0 saturated carbocycles. The van der Waals surface area contributed by atoms with E-state index in [1.165, 1.54) is 0 Å². The van der Waals surface area contributed by atoms with E-state index in [-0.39, 0.29) is 18.6 Å². The number of likely N-dealkylation sites (tertiary alicyclic amines) is 1. The predicted octanol–water partition coefficient (Wildman–Crippen LogP) is 2.06. The number of piperidine rings is 1. The maximum atomic E-state index is 11.7. The lowest BCUT2D eigenvalue weighted by Gasteiger charge is -2.33. The van der Waals surface area contributed by atoms with E-state index in [0.29, 0.717) is 13.1 Å². The maximum absolute atomic E-state index is 11.7. The molecule has 15 heavy (non-hydrogen) atoms. The molecule has 0 N–H and O–H groups in total. The number of amides is 1. The van der Waals surface area contributed by atoms with Gasteiger partial charge in [0.25, 0.3) is 0 Å². The smallest absolute Gasteiger partial charge is 0.410 e. The van der Waals surface area contributed by atoms with Crippen molar-refractivity contribution in [2.24, 2.45) is 5.92 Å². The van der Waals surface area contributed by atoms with E-state index in [2.05, 4.69) is 0 Å². The van der Waals surface area contributed by atoms with E-state index in [1.54, 1.807) is 4.90 Å². The predicted molar refractivity (Wildman–Crippen MR) is 56.1 cm³/mol. The van der Waals surface area contributed by atoms with Gasteiger partial charge in [-0.3, -0.25) is 0 Å². The summed E-state index contributed by atoms with van der Waals surface area (Å²) in [6.07, 6.45) is 1.55. The number of nitrogens with zero attached hydrogens (tertiary/aromatic N) is 1. The third-order valence-corrected chi connectivity index (χ3v) is 2.41. The van der Waals surface area contributed by atoms with E-state index in [4.69, 9.17) is 4.74 Å². The zero-order valence-corrected chi connectivity index (χ0v) is 9.78. The summed E-state index contributed by atoms with van der Waals surface area (Å²) in [5.74, 6) is 0.103. The summed E-state index contributed by atoms with van der Waals surface area (Å²) in [7, 11) is 0. The average Bonchev–Trinajstić information content (AvgIpc) is 2.15. The van der Waals surface area contributed by atoms with Crippen LogP contribution in [0.5, 0.6) is 0 Å². The quantitative estimate of drug-likeness (QED) is 0.670. The number of carbonyl (C=O) groups excluding carboxylic acids is 1. The van der Waals surface area contributed by atoms with Gasteiger partial charge in [0.1, 0.15) is 5.60 Å². The highest BCUT2D eigenvalue weighted by atomic mass is 16.6. The monoisotopic (exact) mass is 214 g/mol. The van der Waals surface area contributed by atoms with Crippen LogP contribution >= 0.6 is 0 Å². The molecule has 1 amide bonds. The van der Waals surface area contributed by atoms with Gasteiger partial charge in [-0.15, -0.1) is 0 Å². The molecule has 0 aliphatic carbocycles. The summed E-state index contributed by atoms with van der Waals surface area (Å²) in [6, 6.07) is 0. The van der Waals surface area contributed by atoms with Crippen LogP contribution in [0, 0.1) is 5.92 Å². The van der Waals surface area contributed by atoms with Crippen LogP contribution in [0.25, 0.3) is 0 Å². The zero-order chi connectivity index (χ0) is 11.5. The van der Waals surface area contributed by atoms with Gasteiger partial charge in [0, 0.05) is 19.0 Å². The molecule has 1 radical (unpaired) electrons. The summed E-state index contributed by atoms with van der Waals surface area (Å²) in [4.78, 5) is 13.3. The first-order chi connectivity index (χ1) is 6.92. The summed E-state index contributed by atoms with van der Waals surface area (Å²) < 4.78 is 5.25. The van der Waals surface area contributed by atoms with Gasteiger partial charge < -0.3 is 9.64 Å². The van der Waals surface area contributed by atoms with Crippen molar-refractivity contribution in [1.82, 2.24) is 4.90 Å².